The van der Waals surface area contributed by atoms with Crippen LogP contribution >= 0.6 is 0 Å². The fourth-order valence-corrected chi connectivity index (χ4v) is 4.75. The van der Waals surface area contributed by atoms with E-state index in [1.807, 2.05) is 36.4 Å². The summed E-state index contributed by atoms with van der Waals surface area (Å²) in [6, 6.07) is 14.0. The molecule has 0 saturated heterocycles. The molecular formula is C23H22O4. The van der Waals surface area contributed by atoms with E-state index in [1.54, 1.807) is 6.08 Å². The molecule has 0 radical (unpaired) electrons. The third kappa shape index (κ3) is 2.36. The van der Waals surface area contributed by atoms with E-state index in [4.69, 9.17) is 9.47 Å². The predicted octanol–water partition coefficient (Wildman–Crippen LogP) is 3.57. The molecule has 0 unspecified atom stereocenters. The van der Waals surface area contributed by atoms with Crippen molar-refractivity contribution in [3.63, 3.8) is 0 Å². The Morgan fingerprint density at radius 3 is 2.44 bits per heavy atom. The zero-order chi connectivity index (χ0) is 19.2. The number of hydrogen-bond donors (Lipinski definition) is 0. The van der Waals surface area contributed by atoms with E-state index in [9.17, 15) is 9.59 Å². The zero-order valence-corrected chi connectivity index (χ0v) is 15.7. The van der Waals surface area contributed by atoms with Crippen LogP contribution in [-0.2, 0) is 30.9 Å². The van der Waals surface area contributed by atoms with Crippen molar-refractivity contribution in [2.24, 2.45) is 0 Å². The maximum atomic E-state index is 13.2. The highest BCUT2D eigenvalue weighted by molar-refractivity contribution is 5.94. The summed E-state index contributed by atoms with van der Waals surface area (Å²) in [5.41, 5.74) is 4.18. The van der Waals surface area contributed by atoms with Gasteiger partial charge < -0.3 is 9.47 Å². The number of aryl methyl sites for hydroxylation is 1. The molecule has 0 fully saturated rings. The smallest absolute Gasteiger partial charge is 0.320 e. The molecular weight excluding hydrogens is 340 g/mol. The van der Waals surface area contributed by atoms with Crippen LogP contribution in [0.3, 0.4) is 0 Å². The first-order valence-electron chi connectivity index (χ1n) is 9.08. The zero-order valence-electron chi connectivity index (χ0n) is 15.7. The predicted molar refractivity (Wildman–Crippen MR) is 102 cm³/mol. The van der Waals surface area contributed by atoms with Gasteiger partial charge in [0.1, 0.15) is 11.3 Å². The van der Waals surface area contributed by atoms with Gasteiger partial charge in [-0.25, -0.2) is 0 Å². The monoisotopic (exact) mass is 362 g/mol. The SMILES string of the molecule is COC(=O)[C@@H]1C=C[C@@]2(C(=O)OC)c3c1ccc(C)c3C[C@H]2c1ccccc1. The van der Waals surface area contributed by atoms with E-state index in [0.717, 1.165) is 34.2 Å². The lowest BCUT2D eigenvalue weighted by atomic mass is 9.66. The average molecular weight is 362 g/mol. The summed E-state index contributed by atoms with van der Waals surface area (Å²) in [6.45, 7) is 2.05. The van der Waals surface area contributed by atoms with Crippen molar-refractivity contribution < 1.29 is 19.1 Å². The van der Waals surface area contributed by atoms with Gasteiger partial charge in [-0.3, -0.25) is 9.59 Å². The fraction of sp³-hybridized carbons (Fsp3) is 0.304. The summed E-state index contributed by atoms with van der Waals surface area (Å²) in [4.78, 5) is 25.5. The van der Waals surface area contributed by atoms with Crippen molar-refractivity contribution >= 4 is 11.9 Å². The minimum Gasteiger partial charge on any atom is -0.468 e. The van der Waals surface area contributed by atoms with Gasteiger partial charge in [-0.05, 0) is 41.2 Å². The maximum absolute atomic E-state index is 13.2. The molecule has 0 aromatic heterocycles. The topological polar surface area (TPSA) is 52.6 Å². The van der Waals surface area contributed by atoms with E-state index in [-0.39, 0.29) is 17.9 Å². The average Bonchev–Trinajstić information content (AvgIpc) is 3.08. The summed E-state index contributed by atoms with van der Waals surface area (Å²) in [6.07, 6.45) is 4.40. The first kappa shape index (κ1) is 17.5. The standard InChI is InChI=1S/C23H22O4/c1-14-9-10-16-17(21(24)26-2)11-12-23(22(25)27-3)19(13-18(14)20(16)23)15-7-5-4-6-8-15/h4-12,17,19H,13H2,1-3H3/t17-,19+,23+/m1/s1. The molecule has 2 aromatic carbocycles. The van der Waals surface area contributed by atoms with Gasteiger partial charge in [-0.15, -0.1) is 0 Å². The normalized spacial score (nSPS) is 25.0. The Kier molecular flexibility index (Phi) is 4.14. The highest BCUT2D eigenvalue weighted by atomic mass is 16.5. The largest absolute Gasteiger partial charge is 0.468 e. The molecule has 3 atom stereocenters. The Morgan fingerprint density at radius 1 is 1.04 bits per heavy atom. The van der Waals surface area contributed by atoms with Crippen molar-refractivity contribution in [2.45, 2.75) is 30.6 Å². The molecule has 0 N–H and O–H groups in total. The highest BCUT2D eigenvalue weighted by Gasteiger charge is 2.56. The molecule has 0 heterocycles. The quantitative estimate of drug-likeness (QED) is 0.619. The van der Waals surface area contributed by atoms with Gasteiger partial charge in [0.15, 0.2) is 0 Å². The van der Waals surface area contributed by atoms with Crippen LogP contribution in [-0.4, -0.2) is 26.2 Å². The Hall–Kier alpha value is -2.88. The molecule has 0 amide bonds. The van der Waals surface area contributed by atoms with Crippen LogP contribution in [0.15, 0.2) is 54.6 Å². The van der Waals surface area contributed by atoms with Crippen LogP contribution in [0, 0.1) is 6.92 Å². The molecule has 0 bridgehead atoms. The maximum Gasteiger partial charge on any atom is 0.320 e. The Bertz CT molecular complexity index is 944. The fourth-order valence-electron chi connectivity index (χ4n) is 4.75. The summed E-state index contributed by atoms with van der Waals surface area (Å²) in [7, 11) is 2.81. The molecule has 0 saturated carbocycles. The van der Waals surface area contributed by atoms with Crippen LogP contribution < -0.4 is 0 Å². The van der Waals surface area contributed by atoms with Crippen molar-refractivity contribution in [1.29, 1.82) is 0 Å². The van der Waals surface area contributed by atoms with Gasteiger partial charge in [0.2, 0.25) is 0 Å². The molecule has 4 heteroatoms. The minimum atomic E-state index is -0.919. The lowest BCUT2D eigenvalue weighted by molar-refractivity contribution is -0.147. The second-order valence-electron chi connectivity index (χ2n) is 7.21. The number of benzene rings is 2. The molecule has 2 aliphatic rings. The van der Waals surface area contributed by atoms with E-state index < -0.39 is 11.3 Å². The summed E-state index contributed by atoms with van der Waals surface area (Å²) < 4.78 is 10.3. The van der Waals surface area contributed by atoms with Gasteiger partial charge in [0.25, 0.3) is 0 Å². The van der Waals surface area contributed by atoms with Crippen LogP contribution in [0.25, 0.3) is 0 Å². The third-order valence-electron chi connectivity index (χ3n) is 6.02. The molecule has 27 heavy (non-hydrogen) atoms. The number of carbonyl (C=O) groups excluding carboxylic acids is 2. The van der Waals surface area contributed by atoms with Crippen LogP contribution in [0.4, 0.5) is 0 Å². The van der Waals surface area contributed by atoms with Crippen LogP contribution in [0.1, 0.15) is 39.7 Å². The molecule has 4 rings (SSSR count). The molecule has 4 nitrogen and oxygen atoms in total. The molecule has 138 valence electrons. The summed E-state index contributed by atoms with van der Waals surface area (Å²) in [5.74, 6) is -1.19. The number of rotatable bonds is 3. The molecule has 0 spiro atoms. The van der Waals surface area contributed by atoms with Gasteiger partial charge >= 0.3 is 11.9 Å². The second-order valence-corrected chi connectivity index (χ2v) is 7.21. The van der Waals surface area contributed by atoms with Crippen molar-refractivity contribution in [3.05, 3.63) is 82.4 Å². The number of hydrogen-bond acceptors (Lipinski definition) is 4. The van der Waals surface area contributed by atoms with Gasteiger partial charge in [0.05, 0.1) is 14.2 Å². The van der Waals surface area contributed by atoms with E-state index in [0.29, 0.717) is 0 Å². The Labute approximate surface area is 158 Å². The Morgan fingerprint density at radius 2 is 1.78 bits per heavy atom. The van der Waals surface area contributed by atoms with Crippen LogP contribution in [0.2, 0.25) is 0 Å². The number of methoxy groups -OCH3 is 2. The third-order valence-corrected chi connectivity index (χ3v) is 6.02. The van der Waals surface area contributed by atoms with Crippen molar-refractivity contribution in [3.8, 4) is 0 Å². The second kappa shape index (κ2) is 6.38. The molecule has 2 aromatic rings. The van der Waals surface area contributed by atoms with Crippen molar-refractivity contribution in [2.75, 3.05) is 14.2 Å². The lowest BCUT2D eigenvalue weighted by Crippen LogP contribution is -2.41. The molecule has 0 aliphatic heterocycles. The number of carbonyl (C=O) groups is 2. The Balaban J connectivity index is 2.01. The van der Waals surface area contributed by atoms with Crippen molar-refractivity contribution in [1.82, 2.24) is 0 Å². The van der Waals surface area contributed by atoms with E-state index >= 15 is 0 Å². The summed E-state index contributed by atoms with van der Waals surface area (Å²) in [5, 5.41) is 0. The lowest BCUT2D eigenvalue weighted by Gasteiger charge is -2.36. The minimum absolute atomic E-state index is 0.0733. The first-order chi connectivity index (χ1) is 13.0. The van der Waals surface area contributed by atoms with Crippen LogP contribution in [0.5, 0.6) is 0 Å². The first-order valence-corrected chi connectivity index (χ1v) is 9.08. The van der Waals surface area contributed by atoms with Gasteiger partial charge in [-0.1, -0.05) is 54.6 Å². The van der Waals surface area contributed by atoms with Gasteiger partial charge in [0, 0.05) is 5.92 Å². The van der Waals surface area contributed by atoms with E-state index in [1.165, 1.54) is 14.2 Å². The summed E-state index contributed by atoms with van der Waals surface area (Å²) >= 11 is 0. The highest BCUT2D eigenvalue weighted by Crippen LogP contribution is 2.56. The van der Waals surface area contributed by atoms with E-state index in [2.05, 4.69) is 19.1 Å². The number of esters is 2. The number of ether oxygens (including phenoxy) is 2. The molecule has 2 aliphatic carbocycles. The van der Waals surface area contributed by atoms with Gasteiger partial charge in [-0.2, -0.15) is 0 Å².